The van der Waals surface area contributed by atoms with E-state index in [0.29, 0.717) is 5.89 Å². The van der Waals surface area contributed by atoms with Crippen LogP contribution in [0.25, 0.3) is 0 Å². The van der Waals surface area contributed by atoms with Gasteiger partial charge in [0.1, 0.15) is 6.26 Å². The summed E-state index contributed by atoms with van der Waals surface area (Å²) in [6.45, 7) is 0. The van der Waals surface area contributed by atoms with Gasteiger partial charge in [-0.05, 0) is 12.3 Å². The molecule has 1 unspecified atom stereocenters. The summed E-state index contributed by atoms with van der Waals surface area (Å²) in [4.78, 5) is 28.5. The van der Waals surface area contributed by atoms with Gasteiger partial charge in [-0.1, -0.05) is 32.1 Å². The van der Waals surface area contributed by atoms with Gasteiger partial charge < -0.3 is 14.4 Å². The quantitative estimate of drug-likeness (QED) is 0.798. The number of carboxylic acid groups (broad SMARTS) is 1. The number of aliphatic carboxylic acids is 1. The van der Waals surface area contributed by atoms with Gasteiger partial charge in [-0.2, -0.15) is 0 Å². The van der Waals surface area contributed by atoms with E-state index in [-0.39, 0.29) is 23.9 Å². The molecule has 1 aromatic rings. The number of rotatable bonds is 8. The van der Waals surface area contributed by atoms with Crippen LogP contribution in [-0.4, -0.2) is 41.0 Å². The zero-order valence-corrected chi connectivity index (χ0v) is 13.2. The van der Waals surface area contributed by atoms with E-state index >= 15 is 0 Å². The summed E-state index contributed by atoms with van der Waals surface area (Å²) in [5.74, 6) is -0.200. The number of oxazole rings is 1. The minimum absolute atomic E-state index is 0.0131. The second-order valence-electron chi connectivity index (χ2n) is 6.29. The maximum Gasteiger partial charge on any atom is 0.304 e. The third-order valence-electron chi connectivity index (χ3n) is 4.31. The van der Waals surface area contributed by atoms with Crippen LogP contribution >= 0.6 is 0 Å². The minimum atomic E-state index is -0.868. The second-order valence-corrected chi connectivity index (χ2v) is 6.29. The molecule has 0 saturated heterocycles. The van der Waals surface area contributed by atoms with Gasteiger partial charge in [-0.15, -0.1) is 0 Å². The zero-order valence-electron chi connectivity index (χ0n) is 13.2. The summed E-state index contributed by atoms with van der Waals surface area (Å²) >= 11 is 0. The van der Waals surface area contributed by atoms with Gasteiger partial charge in [-0.3, -0.25) is 9.59 Å². The molecule has 1 fully saturated rings. The molecule has 1 amide bonds. The van der Waals surface area contributed by atoms with E-state index < -0.39 is 5.97 Å². The monoisotopic (exact) mass is 308 g/mol. The van der Waals surface area contributed by atoms with E-state index in [1.54, 1.807) is 14.1 Å². The van der Waals surface area contributed by atoms with Crippen molar-refractivity contribution < 1.29 is 19.1 Å². The maximum absolute atomic E-state index is 11.8. The zero-order chi connectivity index (χ0) is 16.1. The van der Waals surface area contributed by atoms with Gasteiger partial charge in [0.15, 0.2) is 11.6 Å². The lowest BCUT2D eigenvalue weighted by atomic mass is 9.81. The summed E-state index contributed by atoms with van der Waals surface area (Å²) < 4.78 is 5.37. The summed E-state index contributed by atoms with van der Waals surface area (Å²) in [5, 5.41) is 9.07. The Morgan fingerprint density at radius 2 is 2.18 bits per heavy atom. The van der Waals surface area contributed by atoms with E-state index in [4.69, 9.17) is 9.52 Å². The van der Waals surface area contributed by atoms with Crippen LogP contribution < -0.4 is 0 Å². The van der Waals surface area contributed by atoms with Crippen molar-refractivity contribution in [3.05, 3.63) is 17.8 Å². The molecule has 22 heavy (non-hydrogen) atoms. The molecular formula is C16H24N2O4. The molecular weight excluding hydrogens is 284 g/mol. The lowest BCUT2D eigenvalue weighted by Gasteiger charge is -2.25. The highest BCUT2D eigenvalue weighted by Gasteiger charge is 2.24. The van der Waals surface area contributed by atoms with Crippen molar-refractivity contribution in [2.75, 3.05) is 14.1 Å². The second kappa shape index (κ2) is 7.42. The first-order chi connectivity index (χ1) is 10.5. The molecule has 1 aliphatic rings. The molecule has 1 aromatic heterocycles. The van der Waals surface area contributed by atoms with E-state index in [0.717, 1.165) is 25.2 Å². The van der Waals surface area contributed by atoms with Gasteiger partial charge in [0.05, 0.1) is 6.42 Å². The van der Waals surface area contributed by atoms with E-state index in [9.17, 15) is 9.59 Å². The van der Waals surface area contributed by atoms with Gasteiger partial charge in [0.25, 0.3) is 5.91 Å². The molecule has 0 aromatic carbocycles. The molecule has 1 N–H and O–H groups in total. The Morgan fingerprint density at radius 3 is 2.73 bits per heavy atom. The molecule has 0 spiro atoms. The summed E-state index contributed by atoms with van der Waals surface area (Å²) in [6, 6.07) is 0. The standard InChI is InChI=1S/C16H24N2O4/c1-18(2)16(21)13-10-22-15(17-13)12(9-14(19)20)8-4-7-11-5-3-6-11/h10-12H,3-9H2,1-2H3,(H,19,20). The number of carbonyl (C=O) groups is 2. The molecule has 0 aliphatic heterocycles. The highest BCUT2D eigenvalue weighted by Crippen LogP contribution is 2.33. The molecule has 6 heteroatoms. The number of amides is 1. The average Bonchev–Trinajstić information content (AvgIpc) is 2.88. The number of carboxylic acids is 1. The normalized spacial score (nSPS) is 16.1. The average molecular weight is 308 g/mol. The molecule has 1 atom stereocenters. The Labute approximate surface area is 130 Å². The number of carbonyl (C=O) groups excluding carboxylic acids is 1. The summed E-state index contributed by atoms with van der Waals surface area (Å²) in [7, 11) is 3.29. The van der Waals surface area contributed by atoms with Gasteiger partial charge in [0.2, 0.25) is 0 Å². The summed E-state index contributed by atoms with van der Waals surface area (Å²) in [5.41, 5.74) is 0.231. The molecule has 1 aliphatic carbocycles. The van der Waals surface area contributed by atoms with E-state index in [2.05, 4.69) is 4.98 Å². The molecule has 122 valence electrons. The topological polar surface area (TPSA) is 83.6 Å². The van der Waals surface area contributed by atoms with Crippen molar-refractivity contribution in [2.24, 2.45) is 5.92 Å². The van der Waals surface area contributed by atoms with Gasteiger partial charge >= 0.3 is 5.97 Å². The van der Waals surface area contributed by atoms with Crippen LogP contribution in [0.4, 0.5) is 0 Å². The van der Waals surface area contributed by atoms with Crippen LogP contribution in [0, 0.1) is 5.92 Å². The van der Waals surface area contributed by atoms with Crippen molar-refractivity contribution in [3.8, 4) is 0 Å². The fraction of sp³-hybridized carbons (Fsp3) is 0.688. The van der Waals surface area contributed by atoms with Gasteiger partial charge in [0, 0.05) is 20.0 Å². The highest BCUT2D eigenvalue weighted by atomic mass is 16.4. The first-order valence-electron chi connectivity index (χ1n) is 7.86. The maximum atomic E-state index is 11.8. The Balaban J connectivity index is 1.97. The van der Waals surface area contributed by atoms with E-state index in [1.165, 1.54) is 30.4 Å². The molecule has 1 saturated carbocycles. The van der Waals surface area contributed by atoms with Crippen molar-refractivity contribution in [1.82, 2.24) is 9.88 Å². The van der Waals surface area contributed by atoms with Crippen LogP contribution in [0.2, 0.25) is 0 Å². The Morgan fingerprint density at radius 1 is 1.45 bits per heavy atom. The highest BCUT2D eigenvalue weighted by molar-refractivity contribution is 5.91. The minimum Gasteiger partial charge on any atom is -0.481 e. The third kappa shape index (κ3) is 4.32. The lowest BCUT2D eigenvalue weighted by molar-refractivity contribution is -0.137. The Kier molecular flexibility index (Phi) is 5.57. The van der Waals surface area contributed by atoms with Crippen molar-refractivity contribution in [2.45, 2.75) is 50.9 Å². The van der Waals surface area contributed by atoms with Crippen LogP contribution in [0.3, 0.4) is 0 Å². The Hall–Kier alpha value is -1.85. The fourth-order valence-corrected chi connectivity index (χ4v) is 2.76. The Bertz CT molecular complexity index is 520. The van der Waals surface area contributed by atoms with E-state index in [1.807, 2.05) is 0 Å². The first-order valence-corrected chi connectivity index (χ1v) is 7.86. The van der Waals surface area contributed by atoms with Crippen molar-refractivity contribution in [1.29, 1.82) is 0 Å². The van der Waals surface area contributed by atoms with Crippen LogP contribution in [0.15, 0.2) is 10.7 Å². The third-order valence-corrected chi connectivity index (χ3v) is 4.31. The predicted octanol–water partition coefficient (Wildman–Crippen LogP) is 2.91. The number of aromatic nitrogens is 1. The summed E-state index contributed by atoms with van der Waals surface area (Å²) in [6.07, 6.45) is 8.06. The lowest BCUT2D eigenvalue weighted by Crippen LogP contribution is -2.22. The number of hydrogen-bond acceptors (Lipinski definition) is 4. The SMILES string of the molecule is CN(C)C(=O)c1coc(C(CCCC2CCC2)CC(=O)O)n1. The molecule has 1 heterocycles. The molecule has 0 bridgehead atoms. The number of hydrogen-bond donors (Lipinski definition) is 1. The van der Waals surface area contributed by atoms with Crippen LogP contribution in [-0.2, 0) is 4.79 Å². The largest absolute Gasteiger partial charge is 0.481 e. The molecule has 0 radical (unpaired) electrons. The smallest absolute Gasteiger partial charge is 0.304 e. The van der Waals surface area contributed by atoms with Crippen LogP contribution in [0.1, 0.15) is 67.2 Å². The number of nitrogens with zero attached hydrogens (tertiary/aromatic N) is 2. The van der Waals surface area contributed by atoms with Crippen molar-refractivity contribution >= 4 is 11.9 Å². The predicted molar refractivity (Wildman–Crippen MR) is 80.7 cm³/mol. The van der Waals surface area contributed by atoms with Crippen LogP contribution in [0.5, 0.6) is 0 Å². The molecule has 6 nitrogen and oxygen atoms in total. The molecule has 2 rings (SSSR count). The fourth-order valence-electron chi connectivity index (χ4n) is 2.76. The first kappa shape index (κ1) is 16.5. The van der Waals surface area contributed by atoms with Gasteiger partial charge in [-0.25, -0.2) is 4.98 Å². The van der Waals surface area contributed by atoms with Crippen molar-refractivity contribution in [3.63, 3.8) is 0 Å².